The van der Waals surface area contributed by atoms with Crippen molar-refractivity contribution in [2.45, 2.75) is 341 Å². The number of carboxylic acid groups (broad SMARTS) is 2. The van der Waals surface area contributed by atoms with Crippen molar-refractivity contribution in [3.8, 4) is 12.1 Å². The van der Waals surface area contributed by atoms with Crippen molar-refractivity contribution < 1.29 is 159 Å². The van der Waals surface area contributed by atoms with Gasteiger partial charge >= 0.3 is 78.1 Å². The first kappa shape index (κ1) is 125. The van der Waals surface area contributed by atoms with Crippen LogP contribution in [0.3, 0.4) is 0 Å². The van der Waals surface area contributed by atoms with E-state index in [9.17, 15) is 77.1 Å². The number of carboxylic acids is 2. The molecular formula is C95H142ClF2N10NaO25S2. The summed E-state index contributed by atoms with van der Waals surface area (Å²) in [6.07, 6.45) is 0.108. The van der Waals surface area contributed by atoms with Crippen LogP contribution in [0.5, 0.6) is 0 Å². The molecule has 756 valence electrons. The Morgan fingerprint density at radius 1 is 0.478 bits per heavy atom. The number of amides is 5. The summed E-state index contributed by atoms with van der Waals surface area (Å²) in [4.78, 5) is 123. The van der Waals surface area contributed by atoms with Gasteiger partial charge in [0.05, 0.1) is 115 Å². The van der Waals surface area contributed by atoms with Gasteiger partial charge in [-0.3, -0.25) is 33.9 Å². The van der Waals surface area contributed by atoms with Crippen molar-refractivity contribution in [3.05, 3.63) is 130 Å². The van der Waals surface area contributed by atoms with Gasteiger partial charge in [0, 0.05) is 39.2 Å². The molecule has 0 radical (unpaired) electrons. The molecule has 11 N–H and O–H groups in total. The number of hydrogen-bond donors (Lipinski definition) is 10. The average Bonchev–Trinajstić information content (AvgIpc) is 0.925. The number of nitrogens with one attached hydrogen (secondary N) is 5. The number of nitrogens with zero attached hydrogens (tertiary/aromatic N) is 5. The molecule has 0 bridgehead atoms. The van der Waals surface area contributed by atoms with Crippen LogP contribution in [0.15, 0.2) is 84.9 Å². The van der Waals surface area contributed by atoms with Gasteiger partial charge in [-0.1, -0.05) is 76.9 Å². The first-order valence-electron chi connectivity index (χ1n) is 43.5. The second-order valence-corrected chi connectivity index (χ2v) is 44.2. The van der Waals surface area contributed by atoms with E-state index in [-0.39, 0.29) is 113 Å². The molecule has 35 nitrogen and oxygen atoms in total. The van der Waals surface area contributed by atoms with E-state index in [1.807, 2.05) is 53.7 Å². The minimum Gasteiger partial charge on any atom is -0.870 e. The fourth-order valence-corrected chi connectivity index (χ4v) is 15.9. The maximum atomic E-state index is 15.5. The Balaban J connectivity index is 0.000000947. The van der Waals surface area contributed by atoms with E-state index >= 15 is 8.78 Å². The first-order valence-corrected chi connectivity index (χ1v) is 45.8. The zero-order valence-electron chi connectivity index (χ0n) is 80.8. The van der Waals surface area contributed by atoms with Crippen molar-refractivity contribution in [2.75, 3.05) is 36.8 Å². The summed E-state index contributed by atoms with van der Waals surface area (Å²) >= 11 is 0. The van der Waals surface area contributed by atoms with Gasteiger partial charge in [-0.25, -0.2) is 55.4 Å². The molecule has 41 heteroatoms. The summed E-state index contributed by atoms with van der Waals surface area (Å²) in [7, 11) is -3.13. The number of likely N-dealkylation sites (tertiary alicyclic amines) is 3. The second kappa shape index (κ2) is 52.3. The molecule has 4 aliphatic heterocycles. The predicted octanol–water partition coefficient (Wildman–Crippen LogP) is 12.2. The number of aliphatic carboxylic acids is 2. The number of aliphatic hydroxyl groups excluding tert-OH is 3. The number of anilines is 2. The van der Waals surface area contributed by atoms with Crippen LogP contribution < -0.4 is 55.0 Å². The smallest absolute Gasteiger partial charge is 0.870 e. The Kier molecular flexibility index (Phi) is 48.0. The zero-order chi connectivity index (χ0) is 98.8. The molecule has 4 aromatic rings. The molecule has 4 aromatic carbocycles. The van der Waals surface area contributed by atoms with Crippen LogP contribution in [0.25, 0.3) is 0 Å². The summed E-state index contributed by atoms with van der Waals surface area (Å²) < 4.78 is 98.9. The molecule has 2 aliphatic carbocycles. The Labute approximate surface area is 831 Å². The standard InChI is InChI=1S/C35H45FN4O6S.C33H43FN4O5S.C10H17NO5.C10H18O5.C5H9NO3.2CH4.ClH.Na.H2O/c1-22(41)45-27-19-30(40(21-27)32(43)46-33(2,3)4)31(42)38-29-18-26(13-14-28(29)36)35(16-15-23-11-12-23,39-47(44)34(5,6)7)25-10-8-9-24(17-25)20-37;1-31(2,3)43-30(41)38-20-25(39)18-28(38)29(40)36-27-17-24(12-13-26(27)34)33(15-14-21-10-11-21,37-44(42)32(4,5)6)23-9-7-8-22(16-23)19-35;1-10(2,3)16-9(15)11-5-6(12)4-7(11)8(13)14;1-9(2,3)14-7(11)13-8(12)15-10(4,5)6;7-3-1-4(5(8)9)6-2-3;;;;;/h8-10,13-14,17-18,23,27,30,39H,11-12,15-16,19,21H2,1-7H3,(H,38,42);7-9,12-13,16-17,21,25,28,37,39H,10-11,14-15,18,20H2,1-6H3,(H,36,40);6-7,12H,4-5H2,1-3H3,(H,13,14);1-6H3;3-4,6-7H,1-2H2,(H,8,9);2*1H4;1H;;1H2/q;;;;;;;;+1;/p-1/t27-,30-,35?,47-;25-,28-,33?,44-;6-,7-;;3-,4-;;;;;/m111.1...../s1. The number of nitriles is 2. The maximum Gasteiger partial charge on any atom is 1.00 e. The van der Waals surface area contributed by atoms with Gasteiger partial charge in [-0.2, -0.15) is 10.5 Å². The van der Waals surface area contributed by atoms with Crippen molar-refractivity contribution in [3.63, 3.8) is 0 Å². The minimum atomic E-state index is -1.58. The van der Waals surface area contributed by atoms with Gasteiger partial charge < -0.3 is 80.1 Å². The Morgan fingerprint density at radius 3 is 1.12 bits per heavy atom. The average molecular weight is 1980 g/mol. The van der Waals surface area contributed by atoms with Crippen LogP contribution in [0.1, 0.15) is 278 Å². The molecular weight excluding hydrogens is 1840 g/mol. The zero-order valence-corrected chi connectivity index (χ0v) is 85.3. The van der Waals surface area contributed by atoms with Crippen molar-refractivity contribution in [2.24, 2.45) is 11.8 Å². The quantitative estimate of drug-likeness (QED) is 0.0160. The van der Waals surface area contributed by atoms with Gasteiger partial charge in [-0.15, -0.1) is 12.4 Å². The Hall–Kier alpha value is -9.07. The summed E-state index contributed by atoms with van der Waals surface area (Å²) in [5, 5.41) is 73.1. The number of carbonyl (C=O) groups excluding carboxylic acids is 8. The van der Waals surface area contributed by atoms with Crippen LogP contribution in [0.2, 0.25) is 0 Å². The maximum absolute atomic E-state index is 15.5. The van der Waals surface area contributed by atoms with Gasteiger partial charge in [0.2, 0.25) is 11.8 Å². The number of rotatable bonds is 21. The van der Waals surface area contributed by atoms with E-state index in [0.717, 1.165) is 48.3 Å². The third-order valence-electron chi connectivity index (χ3n) is 20.6. The van der Waals surface area contributed by atoms with Crippen LogP contribution in [0.4, 0.5) is 44.1 Å². The number of benzene rings is 4. The Bertz CT molecular complexity index is 4850. The van der Waals surface area contributed by atoms with Crippen LogP contribution in [-0.4, -0.2) is 227 Å². The molecule has 4 heterocycles. The fourth-order valence-electron chi connectivity index (χ4n) is 14.0. The number of aliphatic hydroxyl groups is 3. The van der Waals surface area contributed by atoms with Gasteiger partial charge in [-0.05, 0) is 254 Å². The minimum absolute atomic E-state index is 0. The van der Waals surface area contributed by atoms with Gasteiger partial charge in [0.25, 0.3) is 0 Å². The SMILES string of the molecule is C.C.CC(=O)O[C@@H]1C[C@H](C(=O)Nc2cc(C(CCC3CC3)(N[S@](=O)C(C)(C)C)c3cccc(C#N)c3)ccc2F)N(C(=O)OC(C)(C)C)C1.CC(C)(C)OC(=O)N1C[C@H](O)C[C@@H]1C(=O)Nc1cc(C(CCC2CC2)(N[S@](=O)C(C)(C)C)c2cccc(C#N)c2)ccc1F.CC(C)(C)OC(=O)N1C[C@H](O)C[C@@H]1C(=O)O.CC(C)(C)OC(=O)OC(=O)OC(C)(C)C.Cl.O=C(O)[C@H]1C[C@@H](O)CN1.[Na+].[OH-]. The molecule has 136 heavy (non-hydrogen) atoms. The molecule has 0 spiro atoms. The number of β-amino-alcohol motifs (C(OH)–C–C–N with tert-alkyl or cyclic N) is 3. The summed E-state index contributed by atoms with van der Waals surface area (Å²) in [6, 6.07) is 23.5. The van der Waals surface area contributed by atoms with E-state index in [0.29, 0.717) is 71.0 Å². The fraction of sp³-hybridized carbons (Fsp3) is 0.621. The molecule has 6 aliphatic rings. The number of halogens is 3. The summed E-state index contributed by atoms with van der Waals surface area (Å²) in [5.74, 6) is -4.28. The van der Waals surface area contributed by atoms with Crippen LogP contribution >= 0.6 is 12.4 Å². The van der Waals surface area contributed by atoms with Crippen LogP contribution in [-0.2, 0) is 90.2 Å². The molecule has 6 fully saturated rings. The predicted molar refractivity (Wildman–Crippen MR) is 505 cm³/mol. The van der Waals surface area contributed by atoms with Gasteiger partial charge in [0.15, 0.2) is 0 Å². The van der Waals surface area contributed by atoms with Crippen molar-refractivity contribution >= 4 is 106 Å². The third kappa shape index (κ3) is 40.0. The number of hydrogen-bond acceptors (Lipinski definition) is 26. The van der Waals surface area contributed by atoms with Crippen LogP contribution in [0, 0.1) is 46.1 Å². The summed E-state index contributed by atoms with van der Waals surface area (Å²) in [5.41, 5.74) is -2.78. The normalized spacial score (nSPS) is 20.3. The number of ether oxygens (including phenoxy) is 7. The molecule has 10 rings (SSSR count). The first-order chi connectivity index (χ1) is 60.3. The van der Waals surface area contributed by atoms with Crippen molar-refractivity contribution in [1.29, 1.82) is 10.5 Å². The van der Waals surface area contributed by atoms with Gasteiger partial charge in [0.1, 0.15) is 69.9 Å². The summed E-state index contributed by atoms with van der Waals surface area (Å²) in [6.45, 7) is 38.0. The van der Waals surface area contributed by atoms with E-state index in [2.05, 4.69) is 42.3 Å². The van der Waals surface area contributed by atoms with E-state index in [4.69, 9.17) is 43.7 Å². The molecule has 2 saturated carbocycles. The monoisotopic (exact) mass is 1980 g/mol. The number of carbonyl (C=O) groups is 10. The molecule has 4 saturated heterocycles. The molecule has 0 aromatic heterocycles. The van der Waals surface area contributed by atoms with Crippen molar-refractivity contribution in [1.82, 2.24) is 29.5 Å². The molecule has 12 atom stereocenters. The molecule has 5 amide bonds. The van der Waals surface area contributed by atoms with E-state index in [1.165, 1.54) is 36.1 Å². The van der Waals surface area contributed by atoms with E-state index in [1.54, 1.807) is 152 Å². The number of esters is 1. The third-order valence-corrected chi connectivity index (χ3v) is 23.9. The van der Waals surface area contributed by atoms with E-state index < -0.39 is 191 Å². The Morgan fingerprint density at radius 2 is 0.816 bits per heavy atom. The topological polar surface area (TPSA) is 518 Å². The molecule has 2 unspecified atom stereocenters. The second-order valence-electron chi connectivity index (χ2n) is 40.2. The largest absolute Gasteiger partial charge is 1.00 e.